The quantitative estimate of drug-likeness (QED) is 0.880. The van der Waals surface area contributed by atoms with Crippen LogP contribution in [-0.2, 0) is 11.2 Å². The van der Waals surface area contributed by atoms with Crippen molar-refractivity contribution in [2.24, 2.45) is 0 Å². The van der Waals surface area contributed by atoms with E-state index in [1.807, 2.05) is 0 Å². The Bertz CT molecular complexity index is 523. The van der Waals surface area contributed by atoms with Crippen molar-refractivity contribution in [1.29, 1.82) is 0 Å². The zero-order valence-corrected chi connectivity index (χ0v) is 9.01. The van der Waals surface area contributed by atoms with Crippen molar-refractivity contribution in [3.63, 3.8) is 0 Å². The molecule has 0 amide bonds. The van der Waals surface area contributed by atoms with Crippen molar-refractivity contribution in [2.45, 2.75) is 12.8 Å². The van der Waals surface area contributed by atoms with Crippen molar-refractivity contribution in [2.75, 3.05) is 0 Å². The van der Waals surface area contributed by atoms with Crippen LogP contribution in [0.4, 0.5) is 4.39 Å². The molecule has 1 heterocycles. The van der Waals surface area contributed by atoms with E-state index in [1.165, 1.54) is 10.7 Å². The first-order chi connectivity index (χ1) is 8.16. The zero-order valence-electron chi connectivity index (χ0n) is 9.01. The first-order valence-corrected chi connectivity index (χ1v) is 5.17. The molecular formula is C12H11FN2O2. The maximum absolute atomic E-state index is 13.6. The van der Waals surface area contributed by atoms with E-state index in [-0.39, 0.29) is 12.2 Å². The summed E-state index contributed by atoms with van der Waals surface area (Å²) < 4.78 is 15.0. The Balaban J connectivity index is 2.27. The van der Waals surface area contributed by atoms with Crippen LogP contribution in [0.3, 0.4) is 0 Å². The third-order valence-corrected chi connectivity index (χ3v) is 2.39. The largest absolute Gasteiger partial charge is 0.481 e. The second-order valence-electron chi connectivity index (χ2n) is 3.63. The number of rotatable bonds is 4. The smallest absolute Gasteiger partial charge is 0.303 e. The van der Waals surface area contributed by atoms with Crippen LogP contribution in [0.25, 0.3) is 5.69 Å². The highest BCUT2D eigenvalue weighted by molar-refractivity contribution is 5.67. The van der Waals surface area contributed by atoms with Gasteiger partial charge >= 0.3 is 5.97 Å². The fourth-order valence-electron chi connectivity index (χ4n) is 1.55. The average Bonchev–Trinajstić information content (AvgIpc) is 2.81. The maximum Gasteiger partial charge on any atom is 0.303 e. The van der Waals surface area contributed by atoms with Gasteiger partial charge in [0.25, 0.3) is 0 Å². The Morgan fingerprint density at radius 2 is 2.29 bits per heavy atom. The van der Waals surface area contributed by atoms with E-state index in [4.69, 9.17) is 5.11 Å². The first kappa shape index (κ1) is 11.3. The molecule has 0 aliphatic carbocycles. The number of carboxylic acids is 1. The standard InChI is InChI=1S/C12H11FN2O2/c13-10-4-2-9(3-5-12(16)17)8-11(10)15-7-1-6-14-15/h1-2,4,6-8H,3,5H2,(H,16,17). The van der Waals surface area contributed by atoms with Crippen LogP contribution in [0.2, 0.25) is 0 Å². The molecule has 0 aliphatic heterocycles. The minimum Gasteiger partial charge on any atom is -0.481 e. The lowest BCUT2D eigenvalue weighted by atomic mass is 10.1. The monoisotopic (exact) mass is 234 g/mol. The molecule has 5 heteroatoms. The molecule has 4 nitrogen and oxygen atoms in total. The third-order valence-electron chi connectivity index (χ3n) is 2.39. The number of aromatic nitrogens is 2. The minimum atomic E-state index is -0.866. The van der Waals surface area contributed by atoms with E-state index in [1.54, 1.807) is 30.6 Å². The summed E-state index contributed by atoms with van der Waals surface area (Å²) in [5, 5.41) is 12.5. The van der Waals surface area contributed by atoms with E-state index in [2.05, 4.69) is 5.10 Å². The van der Waals surface area contributed by atoms with Crippen molar-refractivity contribution >= 4 is 5.97 Å². The second kappa shape index (κ2) is 4.78. The molecule has 1 aromatic heterocycles. The van der Waals surface area contributed by atoms with Crippen LogP contribution in [0, 0.1) is 5.82 Å². The number of halogens is 1. The molecule has 0 radical (unpaired) electrons. The van der Waals surface area contributed by atoms with E-state index < -0.39 is 5.97 Å². The molecule has 0 saturated heterocycles. The number of hydrogen-bond donors (Lipinski definition) is 1. The predicted molar refractivity (Wildman–Crippen MR) is 59.5 cm³/mol. The van der Waals surface area contributed by atoms with Crippen LogP contribution in [0.5, 0.6) is 0 Å². The molecule has 1 N–H and O–H groups in total. The van der Waals surface area contributed by atoms with Crippen molar-refractivity contribution in [1.82, 2.24) is 9.78 Å². The topological polar surface area (TPSA) is 55.1 Å². The van der Waals surface area contributed by atoms with Gasteiger partial charge in [-0.15, -0.1) is 0 Å². The number of aliphatic carboxylic acids is 1. The van der Waals surface area contributed by atoms with Gasteiger partial charge in [-0.25, -0.2) is 9.07 Å². The minimum absolute atomic E-state index is 0.0319. The van der Waals surface area contributed by atoms with Crippen molar-refractivity contribution in [3.8, 4) is 5.69 Å². The number of carboxylic acid groups (broad SMARTS) is 1. The molecule has 2 aromatic rings. The van der Waals surface area contributed by atoms with Crippen LogP contribution in [0.1, 0.15) is 12.0 Å². The first-order valence-electron chi connectivity index (χ1n) is 5.17. The zero-order chi connectivity index (χ0) is 12.3. The number of carbonyl (C=O) groups is 1. The lowest BCUT2D eigenvalue weighted by Gasteiger charge is -2.06. The summed E-state index contributed by atoms with van der Waals surface area (Å²) in [5.74, 6) is -1.25. The van der Waals surface area contributed by atoms with Crippen LogP contribution >= 0.6 is 0 Å². The molecule has 0 bridgehead atoms. The lowest BCUT2D eigenvalue weighted by molar-refractivity contribution is -0.136. The van der Waals surface area contributed by atoms with Gasteiger partial charge in [-0.3, -0.25) is 4.79 Å². The highest BCUT2D eigenvalue weighted by Crippen LogP contribution is 2.15. The van der Waals surface area contributed by atoms with E-state index in [0.717, 1.165) is 5.56 Å². The van der Waals surface area contributed by atoms with E-state index >= 15 is 0 Å². The van der Waals surface area contributed by atoms with Crippen molar-refractivity contribution in [3.05, 3.63) is 48.0 Å². The Hall–Kier alpha value is -2.17. The van der Waals surface area contributed by atoms with Crippen LogP contribution in [0.15, 0.2) is 36.7 Å². The molecule has 0 aliphatic rings. The van der Waals surface area contributed by atoms with Gasteiger partial charge in [-0.05, 0) is 30.2 Å². The van der Waals surface area contributed by atoms with Gasteiger partial charge in [-0.2, -0.15) is 5.10 Å². The van der Waals surface area contributed by atoms with E-state index in [0.29, 0.717) is 12.1 Å². The number of nitrogens with zero attached hydrogens (tertiary/aromatic N) is 2. The molecule has 0 spiro atoms. The summed E-state index contributed by atoms with van der Waals surface area (Å²) in [5.41, 5.74) is 1.11. The maximum atomic E-state index is 13.6. The molecule has 0 fully saturated rings. The van der Waals surface area contributed by atoms with E-state index in [9.17, 15) is 9.18 Å². The number of hydrogen-bond acceptors (Lipinski definition) is 2. The molecule has 17 heavy (non-hydrogen) atoms. The van der Waals surface area contributed by atoms with Crippen molar-refractivity contribution < 1.29 is 14.3 Å². The van der Waals surface area contributed by atoms with Crippen LogP contribution in [-0.4, -0.2) is 20.9 Å². The average molecular weight is 234 g/mol. The highest BCUT2D eigenvalue weighted by Gasteiger charge is 2.07. The molecule has 0 saturated carbocycles. The highest BCUT2D eigenvalue weighted by atomic mass is 19.1. The Morgan fingerprint density at radius 3 is 2.94 bits per heavy atom. The molecular weight excluding hydrogens is 223 g/mol. The Labute approximate surface area is 97.3 Å². The third kappa shape index (κ3) is 2.69. The molecule has 1 aromatic carbocycles. The van der Waals surface area contributed by atoms with Crippen LogP contribution < -0.4 is 0 Å². The fourth-order valence-corrected chi connectivity index (χ4v) is 1.55. The Morgan fingerprint density at radius 1 is 1.47 bits per heavy atom. The number of benzene rings is 1. The summed E-state index contributed by atoms with van der Waals surface area (Å²) in [6.07, 6.45) is 3.61. The second-order valence-corrected chi connectivity index (χ2v) is 3.63. The molecule has 0 unspecified atom stereocenters. The summed E-state index contributed by atoms with van der Waals surface area (Å²) in [6.45, 7) is 0. The summed E-state index contributed by atoms with van der Waals surface area (Å²) in [6, 6.07) is 6.23. The SMILES string of the molecule is O=C(O)CCc1ccc(F)c(-n2cccn2)c1. The number of aryl methyl sites for hydroxylation is 1. The lowest BCUT2D eigenvalue weighted by Crippen LogP contribution is -2.01. The van der Waals surface area contributed by atoms with Gasteiger partial charge in [0.1, 0.15) is 11.5 Å². The van der Waals surface area contributed by atoms with Gasteiger partial charge in [0.15, 0.2) is 0 Å². The molecule has 88 valence electrons. The molecule has 2 rings (SSSR count). The normalized spacial score (nSPS) is 10.4. The molecule has 0 atom stereocenters. The van der Waals surface area contributed by atoms with Gasteiger partial charge < -0.3 is 5.11 Å². The summed E-state index contributed by atoms with van der Waals surface area (Å²) in [7, 11) is 0. The summed E-state index contributed by atoms with van der Waals surface area (Å²) >= 11 is 0. The summed E-state index contributed by atoms with van der Waals surface area (Å²) in [4.78, 5) is 10.5. The van der Waals surface area contributed by atoms with Gasteiger partial charge in [0.05, 0.1) is 0 Å². The fraction of sp³-hybridized carbons (Fsp3) is 0.167. The van der Waals surface area contributed by atoms with Gasteiger partial charge in [0.2, 0.25) is 0 Å². The predicted octanol–water partition coefficient (Wildman–Crippen LogP) is 2.03. The van der Waals surface area contributed by atoms with Gasteiger partial charge in [0, 0.05) is 18.8 Å². The Kier molecular flexibility index (Phi) is 3.18. The van der Waals surface area contributed by atoms with Gasteiger partial charge in [-0.1, -0.05) is 6.07 Å².